The molecule has 1 aromatic rings. The molecule has 1 atom stereocenters. The van der Waals surface area contributed by atoms with Crippen LogP contribution in [-0.2, 0) is 4.74 Å². The largest absolute Gasteiger partial charge is 0.495 e. The maximum absolute atomic E-state index is 5.45. The molecule has 0 aromatic heterocycles. The van der Waals surface area contributed by atoms with E-state index in [1.165, 1.54) is 0 Å². The average molecular weight is 434 g/mol. The predicted octanol–water partition coefficient (Wildman–Crippen LogP) is 1.70. The van der Waals surface area contributed by atoms with E-state index in [0.29, 0.717) is 12.6 Å². The number of hydrogen-bond donors (Lipinski definition) is 2. The smallest absolute Gasteiger partial charge is 0.191 e. The third-order valence-electron chi connectivity index (χ3n) is 3.78. The van der Waals surface area contributed by atoms with Crippen LogP contribution in [0.4, 0.5) is 5.69 Å². The summed E-state index contributed by atoms with van der Waals surface area (Å²) in [6.45, 7) is 3.36. The fourth-order valence-electron chi connectivity index (χ4n) is 2.65. The Morgan fingerprint density at radius 2 is 2.13 bits per heavy atom. The molecular weight excluding hydrogens is 407 g/mol. The number of ether oxygens (including phenoxy) is 2. The van der Waals surface area contributed by atoms with Crippen molar-refractivity contribution in [1.29, 1.82) is 0 Å². The number of para-hydroxylation sites is 2. The predicted molar refractivity (Wildman–Crippen MR) is 105 cm³/mol. The first kappa shape index (κ1) is 19.8. The number of nitrogens with one attached hydrogen (secondary N) is 2. The van der Waals surface area contributed by atoms with Gasteiger partial charge in [-0.2, -0.15) is 0 Å². The molecule has 1 saturated heterocycles. The molecule has 2 rings (SSSR count). The topological polar surface area (TPSA) is 58.1 Å². The summed E-state index contributed by atoms with van der Waals surface area (Å²) < 4.78 is 10.5. The third-order valence-corrected chi connectivity index (χ3v) is 3.78. The van der Waals surface area contributed by atoms with Crippen LogP contribution < -0.4 is 20.3 Å². The van der Waals surface area contributed by atoms with Gasteiger partial charge in [-0.1, -0.05) is 12.1 Å². The molecule has 0 radical (unpaired) electrons. The van der Waals surface area contributed by atoms with Crippen molar-refractivity contribution in [1.82, 2.24) is 10.6 Å². The lowest BCUT2D eigenvalue weighted by Gasteiger charge is -2.22. The number of aliphatic imine (C=N–C) groups is 1. The molecule has 1 fully saturated rings. The Kier molecular flexibility index (Phi) is 9.08. The summed E-state index contributed by atoms with van der Waals surface area (Å²) in [4.78, 5) is 6.60. The van der Waals surface area contributed by atoms with Crippen LogP contribution in [0.25, 0.3) is 0 Å². The van der Waals surface area contributed by atoms with Gasteiger partial charge in [0.1, 0.15) is 5.75 Å². The Bertz CT molecular complexity index is 499. The molecular formula is C16H27IN4O2. The van der Waals surface area contributed by atoms with E-state index in [9.17, 15) is 0 Å². The Morgan fingerprint density at radius 1 is 1.35 bits per heavy atom. The van der Waals surface area contributed by atoms with E-state index in [1.54, 1.807) is 21.3 Å². The van der Waals surface area contributed by atoms with Gasteiger partial charge in [0, 0.05) is 39.8 Å². The van der Waals surface area contributed by atoms with Crippen LogP contribution in [0, 0.1) is 0 Å². The van der Waals surface area contributed by atoms with Crippen LogP contribution in [0.15, 0.2) is 29.3 Å². The average Bonchev–Trinajstić information content (AvgIpc) is 3.02. The van der Waals surface area contributed by atoms with Gasteiger partial charge in [-0.25, -0.2) is 0 Å². The van der Waals surface area contributed by atoms with Crippen LogP contribution in [0.1, 0.15) is 6.42 Å². The molecule has 1 heterocycles. The van der Waals surface area contributed by atoms with Crippen molar-refractivity contribution >= 4 is 35.6 Å². The first-order valence-corrected chi connectivity index (χ1v) is 7.62. The fourth-order valence-corrected chi connectivity index (χ4v) is 2.65. The van der Waals surface area contributed by atoms with Gasteiger partial charge < -0.3 is 25.0 Å². The molecule has 1 aliphatic rings. The maximum Gasteiger partial charge on any atom is 0.191 e. The van der Waals surface area contributed by atoms with Crippen LogP contribution in [-0.4, -0.2) is 59.5 Å². The normalized spacial score (nSPS) is 17.6. The minimum Gasteiger partial charge on any atom is -0.495 e. The number of rotatable bonds is 6. The number of anilines is 1. The van der Waals surface area contributed by atoms with Gasteiger partial charge in [0.25, 0.3) is 0 Å². The Hall–Kier alpha value is -1.22. The zero-order valence-corrected chi connectivity index (χ0v) is 16.4. The summed E-state index contributed by atoms with van der Waals surface area (Å²) in [6, 6.07) is 8.52. The molecule has 0 aliphatic carbocycles. The summed E-state index contributed by atoms with van der Waals surface area (Å²) in [5, 5.41) is 6.71. The van der Waals surface area contributed by atoms with E-state index < -0.39 is 0 Å². The first-order chi connectivity index (χ1) is 10.8. The molecule has 1 aromatic carbocycles. The van der Waals surface area contributed by atoms with Crippen molar-refractivity contribution in [2.45, 2.75) is 12.5 Å². The SMILES string of the molecule is CN=C(NCCOC)NC1CCN(c2ccccc2OC)C1.I. The van der Waals surface area contributed by atoms with Crippen molar-refractivity contribution in [3.8, 4) is 5.75 Å². The van der Waals surface area contributed by atoms with Crippen molar-refractivity contribution < 1.29 is 9.47 Å². The van der Waals surface area contributed by atoms with Crippen molar-refractivity contribution in [3.05, 3.63) is 24.3 Å². The highest BCUT2D eigenvalue weighted by Gasteiger charge is 2.25. The van der Waals surface area contributed by atoms with E-state index in [4.69, 9.17) is 9.47 Å². The highest BCUT2D eigenvalue weighted by Crippen LogP contribution is 2.30. The van der Waals surface area contributed by atoms with E-state index >= 15 is 0 Å². The highest BCUT2D eigenvalue weighted by atomic mass is 127. The number of guanidine groups is 1. The quantitative estimate of drug-likeness (QED) is 0.309. The molecule has 0 spiro atoms. The van der Waals surface area contributed by atoms with E-state index in [2.05, 4.69) is 26.6 Å². The van der Waals surface area contributed by atoms with Gasteiger partial charge in [-0.05, 0) is 18.6 Å². The summed E-state index contributed by atoms with van der Waals surface area (Å²) in [5.41, 5.74) is 1.15. The monoisotopic (exact) mass is 434 g/mol. The van der Waals surface area contributed by atoms with E-state index in [0.717, 1.165) is 43.5 Å². The van der Waals surface area contributed by atoms with Crippen molar-refractivity contribution in [2.24, 2.45) is 4.99 Å². The molecule has 23 heavy (non-hydrogen) atoms. The second-order valence-electron chi connectivity index (χ2n) is 5.24. The maximum atomic E-state index is 5.45. The van der Waals surface area contributed by atoms with Gasteiger partial charge in [0.15, 0.2) is 5.96 Å². The van der Waals surface area contributed by atoms with Crippen LogP contribution in [0.3, 0.4) is 0 Å². The van der Waals surface area contributed by atoms with Crippen LogP contribution >= 0.6 is 24.0 Å². The molecule has 1 aliphatic heterocycles. The first-order valence-electron chi connectivity index (χ1n) is 7.62. The molecule has 1 unspecified atom stereocenters. The zero-order chi connectivity index (χ0) is 15.8. The molecule has 7 heteroatoms. The lowest BCUT2D eigenvalue weighted by molar-refractivity contribution is 0.203. The number of hydrogen-bond acceptors (Lipinski definition) is 4. The minimum absolute atomic E-state index is 0. The Balaban J connectivity index is 0.00000264. The van der Waals surface area contributed by atoms with Crippen molar-refractivity contribution in [3.63, 3.8) is 0 Å². The van der Waals surface area contributed by atoms with E-state index in [-0.39, 0.29) is 24.0 Å². The fraction of sp³-hybridized carbons (Fsp3) is 0.562. The van der Waals surface area contributed by atoms with E-state index in [1.807, 2.05) is 18.2 Å². The number of benzene rings is 1. The van der Waals surface area contributed by atoms with Crippen LogP contribution in [0.2, 0.25) is 0 Å². The second kappa shape index (κ2) is 10.5. The lowest BCUT2D eigenvalue weighted by Crippen LogP contribution is -2.45. The Morgan fingerprint density at radius 3 is 2.83 bits per heavy atom. The van der Waals surface area contributed by atoms with Gasteiger partial charge in [-0.3, -0.25) is 4.99 Å². The molecule has 0 amide bonds. The van der Waals surface area contributed by atoms with Gasteiger partial charge in [0.05, 0.1) is 19.4 Å². The molecule has 0 bridgehead atoms. The van der Waals surface area contributed by atoms with Gasteiger partial charge in [0.2, 0.25) is 0 Å². The molecule has 130 valence electrons. The zero-order valence-electron chi connectivity index (χ0n) is 14.0. The number of nitrogens with zero attached hydrogens (tertiary/aromatic N) is 2. The molecule has 0 saturated carbocycles. The van der Waals surface area contributed by atoms with Gasteiger partial charge in [-0.15, -0.1) is 24.0 Å². The standard InChI is InChI=1S/C16H26N4O2.HI/c1-17-16(18-9-11-21-2)19-13-8-10-20(12-13)14-6-4-5-7-15(14)22-3;/h4-7,13H,8-12H2,1-3H3,(H2,17,18,19);1H. The Labute approximate surface area is 155 Å². The highest BCUT2D eigenvalue weighted by molar-refractivity contribution is 14.0. The third kappa shape index (κ3) is 5.72. The van der Waals surface area contributed by atoms with Crippen molar-refractivity contribution in [2.75, 3.05) is 52.4 Å². The number of halogens is 1. The number of methoxy groups -OCH3 is 2. The van der Waals surface area contributed by atoms with Crippen LogP contribution in [0.5, 0.6) is 5.75 Å². The summed E-state index contributed by atoms with van der Waals surface area (Å²) in [5.74, 6) is 1.75. The molecule has 6 nitrogen and oxygen atoms in total. The summed E-state index contributed by atoms with van der Waals surface area (Å²) >= 11 is 0. The summed E-state index contributed by atoms with van der Waals surface area (Å²) in [7, 11) is 5.20. The lowest BCUT2D eigenvalue weighted by atomic mass is 10.2. The summed E-state index contributed by atoms with van der Waals surface area (Å²) in [6.07, 6.45) is 1.07. The van der Waals surface area contributed by atoms with Gasteiger partial charge >= 0.3 is 0 Å². The molecule has 2 N–H and O–H groups in total. The minimum atomic E-state index is 0. The second-order valence-corrected chi connectivity index (χ2v) is 5.24.